The monoisotopic (exact) mass is 530 g/mol. The van der Waals surface area contributed by atoms with Crippen molar-refractivity contribution < 1.29 is 45.8 Å². The molecule has 0 radical (unpaired) electrons. The first kappa shape index (κ1) is 20.6. The Labute approximate surface area is 167 Å². The zero-order valence-electron chi connectivity index (χ0n) is 14.8. The second-order valence-electron chi connectivity index (χ2n) is 7.77. The van der Waals surface area contributed by atoms with Gasteiger partial charge >= 0.3 is 143 Å². The van der Waals surface area contributed by atoms with Crippen LogP contribution >= 0.6 is 0 Å². The molecule has 3 heteroatoms. The summed E-state index contributed by atoms with van der Waals surface area (Å²) in [4.78, 5) is 0. The molecule has 4 aliphatic rings. The number of hydrogen-bond donors (Lipinski definition) is 0. The molecule has 0 N–H and O–H groups in total. The molecular weight excluding hydrogens is 502 g/mol. The summed E-state index contributed by atoms with van der Waals surface area (Å²) >= 11 is -1.78. The molecule has 2 saturated carbocycles. The maximum absolute atomic E-state index is 2.51. The van der Waals surface area contributed by atoms with Crippen molar-refractivity contribution in [2.45, 2.75) is 59.7 Å². The first-order valence-electron chi connectivity index (χ1n) is 9.16. The molecule has 0 bridgehead atoms. The minimum Gasteiger partial charge on any atom is -1.00 e. The standard InChI is InChI=1S/2C9H11.C3H6.2ClH.Hf/c2*1-2-5-9-7-3-6-8(9)4-1;1-3-2;;;/h2*1-2,4,6,9H,3,5,7H2;1-2H3;2*1H;/q;;;;;+2/p-2. The van der Waals surface area contributed by atoms with Crippen molar-refractivity contribution in [2.24, 2.45) is 11.8 Å². The molecule has 0 spiro atoms. The quantitative estimate of drug-likeness (QED) is 0.442. The predicted octanol–water partition coefficient (Wildman–Crippen LogP) is -0.00560. The van der Waals surface area contributed by atoms with Gasteiger partial charge < -0.3 is 24.8 Å². The number of rotatable bonds is 2. The summed E-state index contributed by atoms with van der Waals surface area (Å²) in [6.07, 6.45) is 23.1. The summed E-state index contributed by atoms with van der Waals surface area (Å²) in [5.74, 6) is 1.82. The molecule has 4 aliphatic carbocycles. The van der Waals surface area contributed by atoms with Gasteiger partial charge in [-0.15, -0.1) is 0 Å². The molecule has 0 aliphatic heterocycles. The van der Waals surface area contributed by atoms with E-state index < -0.39 is 21.0 Å². The molecule has 4 rings (SSSR count). The average molecular weight is 530 g/mol. The fourth-order valence-corrected chi connectivity index (χ4v) is 20.6. The molecule has 0 aromatic carbocycles. The van der Waals surface area contributed by atoms with E-state index in [4.69, 9.17) is 0 Å². The van der Waals surface area contributed by atoms with Crippen LogP contribution in [0.15, 0.2) is 47.6 Å². The molecule has 2 fully saturated rings. The third kappa shape index (κ3) is 3.69. The van der Waals surface area contributed by atoms with Crippen molar-refractivity contribution in [3.63, 3.8) is 0 Å². The van der Waals surface area contributed by atoms with Crippen LogP contribution in [0.25, 0.3) is 0 Å². The molecule has 0 amide bonds. The van der Waals surface area contributed by atoms with Crippen LogP contribution in [0, 0.1) is 11.8 Å². The number of hydrogen-bond acceptors (Lipinski definition) is 0. The molecule has 4 unspecified atom stereocenters. The van der Waals surface area contributed by atoms with E-state index in [1.807, 2.05) is 14.4 Å². The van der Waals surface area contributed by atoms with Gasteiger partial charge in [0.25, 0.3) is 0 Å². The van der Waals surface area contributed by atoms with Crippen LogP contribution < -0.4 is 24.8 Å². The van der Waals surface area contributed by atoms with E-state index in [9.17, 15) is 0 Å². The van der Waals surface area contributed by atoms with Crippen LogP contribution in [0.2, 0.25) is 7.35 Å². The van der Waals surface area contributed by atoms with Gasteiger partial charge in [-0.05, 0) is 0 Å². The first-order chi connectivity index (χ1) is 10.8. The van der Waals surface area contributed by atoms with E-state index in [2.05, 4.69) is 50.3 Å². The van der Waals surface area contributed by atoms with Crippen molar-refractivity contribution in [3.05, 3.63) is 47.6 Å². The Kier molecular flexibility index (Phi) is 7.53. The maximum Gasteiger partial charge on any atom is -1.00 e. The Morgan fingerprint density at radius 3 is 1.67 bits per heavy atom. The fourth-order valence-electron chi connectivity index (χ4n) is 5.44. The Bertz CT molecular complexity index is 572. The number of fused-ring (bicyclic) bond motifs is 2. The number of allylic oxidation sites excluding steroid dienone is 8. The van der Waals surface area contributed by atoms with Gasteiger partial charge in [-0.3, -0.25) is 0 Å². The van der Waals surface area contributed by atoms with Gasteiger partial charge in [0, 0.05) is 0 Å². The van der Waals surface area contributed by atoms with E-state index in [0.29, 0.717) is 0 Å². The van der Waals surface area contributed by atoms with Gasteiger partial charge in [-0.2, -0.15) is 0 Å². The van der Waals surface area contributed by atoms with E-state index in [0.717, 1.165) is 19.2 Å². The second kappa shape index (κ2) is 8.78. The summed E-state index contributed by atoms with van der Waals surface area (Å²) in [5, 5.41) is 0. The summed E-state index contributed by atoms with van der Waals surface area (Å²) < 4.78 is 3.94. The van der Waals surface area contributed by atoms with Gasteiger partial charge in [0.2, 0.25) is 0 Å². The molecule has 0 aromatic heterocycles. The Morgan fingerprint density at radius 1 is 0.792 bits per heavy atom. The van der Waals surface area contributed by atoms with E-state index in [1.54, 1.807) is 0 Å². The van der Waals surface area contributed by atoms with Gasteiger partial charge in [0.1, 0.15) is 0 Å². The molecular formula is C21H28Cl2Hf. The van der Waals surface area contributed by atoms with Crippen molar-refractivity contribution in [1.82, 2.24) is 0 Å². The van der Waals surface area contributed by atoms with Crippen molar-refractivity contribution >= 4 is 3.26 Å². The summed E-state index contributed by atoms with van der Waals surface area (Å²) in [6.45, 7) is 4.97. The topological polar surface area (TPSA) is 0 Å². The van der Waals surface area contributed by atoms with E-state index in [-0.39, 0.29) is 24.8 Å². The minimum atomic E-state index is -1.78. The Hall–Kier alpha value is 0.280. The summed E-state index contributed by atoms with van der Waals surface area (Å²) in [5.41, 5.74) is 3.75. The molecule has 0 aromatic rings. The molecule has 0 saturated heterocycles. The Balaban J connectivity index is 0.00000104. The number of halogens is 2. The average Bonchev–Trinajstić information content (AvgIpc) is 3.13. The zero-order valence-corrected chi connectivity index (χ0v) is 19.9. The van der Waals surface area contributed by atoms with Crippen LogP contribution in [0.5, 0.6) is 0 Å². The molecule has 130 valence electrons. The SMILES string of the molecule is C[C](C)=[Hf+2]([CH]1CCC2CC=CC=C21)[CH]1CCC2CC=CC=C21.[Cl-].[Cl-]. The van der Waals surface area contributed by atoms with Gasteiger partial charge in [0.05, 0.1) is 0 Å². The van der Waals surface area contributed by atoms with Crippen LogP contribution in [0.3, 0.4) is 0 Å². The van der Waals surface area contributed by atoms with E-state index in [1.165, 1.54) is 38.5 Å². The predicted molar refractivity (Wildman–Crippen MR) is 93.0 cm³/mol. The zero-order chi connectivity index (χ0) is 15.1. The van der Waals surface area contributed by atoms with Gasteiger partial charge in [-0.25, -0.2) is 0 Å². The van der Waals surface area contributed by atoms with Gasteiger partial charge in [-0.1, -0.05) is 0 Å². The minimum absolute atomic E-state index is 0. The van der Waals surface area contributed by atoms with Crippen LogP contribution in [0.4, 0.5) is 0 Å². The fraction of sp³-hybridized carbons (Fsp3) is 0.571. The van der Waals surface area contributed by atoms with Crippen molar-refractivity contribution in [2.75, 3.05) is 0 Å². The normalized spacial score (nSPS) is 32.4. The van der Waals surface area contributed by atoms with Crippen LogP contribution in [-0.4, -0.2) is 3.26 Å². The maximum atomic E-state index is 2.51. The smallest absolute Gasteiger partial charge is 1.00 e. The second-order valence-corrected chi connectivity index (χ2v) is 19.6. The molecule has 24 heavy (non-hydrogen) atoms. The van der Waals surface area contributed by atoms with Crippen molar-refractivity contribution in [3.8, 4) is 0 Å². The molecule has 0 nitrogen and oxygen atoms in total. The third-order valence-corrected chi connectivity index (χ3v) is 20.4. The van der Waals surface area contributed by atoms with Gasteiger partial charge in [0.15, 0.2) is 0 Å². The van der Waals surface area contributed by atoms with Crippen LogP contribution in [0.1, 0.15) is 52.4 Å². The van der Waals surface area contributed by atoms with E-state index >= 15 is 0 Å². The van der Waals surface area contributed by atoms with Crippen molar-refractivity contribution in [1.29, 1.82) is 0 Å². The first-order valence-corrected chi connectivity index (χ1v) is 15.1. The summed E-state index contributed by atoms with van der Waals surface area (Å²) in [6, 6.07) is 0. The molecule has 4 atom stereocenters. The Morgan fingerprint density at radius 2 is 1.25 bits per heavy atom. The van der Waals surface area contributed by atoms with Crippen LogP contribution in [-0.2, 0) is 21.0 Å². The third-order valence-electron chi connectivity index (χ3n) is 6.37. The summed E-state index contributed by atoms with van der Waals surface area (Å²) in [7, 11) is 0. The molecule has 0 heterocycles. The largest absolute Gasteiger partial charge is 1.00 e.